The number of hydrogen-bond acceptors (Lipinski definition) is 6. The van der Waals surface area contributed by atoms with Crippen LogP contribution in [0.5, 0.6) is 11.5 Å². The molecular weight excluding hydrogens is 304 g/mol. The van der Waals surface area contributed by atoms with Gasteiger partial charge >= 0.3 is 11.7 Å². The van der Waals surface area contributed by atoms with E-state index in [9.17, 15) is 20.0 Å². The van der Waals surface area contributed by atoms with Crippen LogP contribution in [-0.4, -0.2) is 36.8 Å². The number of nitrogens with one attached hydrogen (secondary N) is 1. The first kappa shape index (κ1) is 17.0. The van der Waals surface area contributed by atoms with Crippen molar-refractivity contribution in [2.75, 3.05) is 20.8 Å². The lowest BCUT2D eigenvalue weighted by atomic mass is 9.83. The normalized spacial score (nSPS) is 18.0. The van der Waals surface area contributed by atoms with E-state index in [0.717, 1.165) is 5.56 Å². The monoisotopic (exact) mass is 324 g/mol. The summed E-state index contributed by atoms with van der Waals surface area (Å²) in [7, 11) is 2.75. The Bertz CT molecular complexity index is 631. The zero-order valence-electron chi connectivity index (χ0n) is 13.3. The number of nitro groups is 1. The Labute approximate surface area is 133 Å². The lowest BCUT2D eigenvalue weighted by molar-refractivity contribution is -0.386. The average molecular weight is 324 g/mol. The predicted octanol–water partition coefficient (Wildman–Crippen LogP) is 1.91. The molecule has 1 aromatic rings. The number of aliphatic carboxylic acids is 1. The second-order valence-corrected chi connectivity index (χ2v) is 5.33. The van der Waals surface area contributed by atoms with E-state index in [1.165, 1.54) is 14.2 Å². The van der Waals surface area contributed by atoms with Crippen molar-refractivity contribution in [2.24, 2.45) is 5.92 Å². The fraction of sp³-hybridized carbons (Fsp3) is 0.533. The van der Waals surface area contributed by atoms with E-state index in [4.69, 9.17) is 9.47 Å². The lowest BCUT2D eigenvalue weighted by Gasteiger charge is -2.31. The third kappa shape index (κ3) is 2.94. The first-order valence-electron chi connectivity index (χ1n) is 7.34. The smallest absolute Gasteiger partial charge is 0.319 e. The number of carboxylic acids is 1. The molecule has 2 atom stereocenters. The van der Waals surface area contributed by atoms with Crippen LogP contribution in [0.2, 0.25) is 0 Å². The van der Waals surface area contributed by atoms with Gasteiger partial charge in [0.2, 0.25) is 5.75 Å². The van der Waals surface area contributed by atoms with Crippen molar-refractivity contribution in [3.63, 3.8) is 0 Å². The third-order valence-corrected chi connectivity index (χ3v) is 4.18. The van der Waals surface area contributed by atoms with E-state index >= 15 is 0 Å². The maximum absolute atomic E-state index is 11.6. The van der Waals surface area contributed by atoms with Gasteiger partial charge in [0.15, 0.2) is 5.75 Å². The summed E-state index contributed by atoms with van der Waals surface area (Å²) in [6.45, 7) is 2.30. The molecular formula is C15H20N2O6. The predicted molar refractivity (Wildman–Crippen MR) is 82.1 cm³/mol. The maximum atomic E-state index is 11.6. The van der Waals surface area contributed by atoms with Crippen molar-refractivity contribution < 1.29 is 24.3 Å². The molecule has 8 nitrogen and oxygen atoms in total. The Morgan fingerprint density at radius 2 is 2.22 bits per heavy atom. The van der Waals surface area contributed by atoms with Crippen molar-refractivity contribution in [3.05, 3.63) is 27.3 Å². The summed E-state index contributed by atoms with van der Waals surface area (Å²) in [6, 6.07) is 1.06. The number of nitro benzene ring substituents is 1. The van der Waals surface area contributed by atoms with E-state index in [0.29, 0.717) is 24.9 Å². The van der Waals surface area contributed by atoms with Crippen molar-refractivity contribution in [2.45, 2.75) is 25.8 Å². The molecule has 0 spiro atoms. The molecule has 8 heteroatoms. The fourth-order valence-electron chi connectivity index (χ4n) is 3.14. The highest BCUT2D eigenvalue weighted by molar-refractivity contribution is 5.73. The molecule has 1 aliphatic rings. The van der Waals surface area contributed by atoms with Crippen LogP contribution in [0.4, 0.5) is 5.69 Å². The first-order chi connectivity index (χ1) is 11.0. The van der Waals surface area contributed by atoms with Crippen LogP contribution in [0.3, 0.4) is 0 Å². The Hall–Kier alpha value is -2.35. The summed E-state index contributed by atoms with van der Waals surface area (Å²) in [5, 5.41) is 24.2. The van der Waals surface area contributed by atoms with Crippen LogP contribution in [0.25, 0.3) is 0 Å². The Morgan fingerprint density at radius 1 is 1.52 bits per heavy atom. The highest BCUT2D eigenvalue weighted by Crippen LogP contribution is 2.47. The van der Waals surface area contributed by atoms with Crippen molar-refractivity contribution in [3.8, 4) is 11.5 Å². The van der Waals surface area contributed by atoms with Gasteiger partial charge in [-0.1, -0.05) is 6.92 Å². The zero-order valence-corrected chi connectivity index (χ0v) is 13.3. The van der Waals surface area contributed by atoms with Gasteiger partial charge < -0.3 is 19.9 Å². The number of fused-ring (bicyclic) bond motifs is 1. The molecule has 2 unspecified atom stereocenters. The van der Waals surface area contributed by atoms with Gasteiger partial charge in [0.25, 0.3) is 0 Å². The van der Waals surface area contributed by atoms with E-state index < -0.39 is 22.9 Å². The number of carbonyl (C=O) groups is 1. The van der Waals surface area contributed by atoms with Crippen molar-refractivity contribution in [1.29, 1.82) is 0 Å². The Balaban J connectivity index is 2.73. The molecule has 0 bridgehead atoms. The zero-order chi connectivity index (χ0) is 17.1. The highest BCUT2D eigenvalue weighted by Gasteiger charge is 2.39. The van der Waals surface area contributed by atoms with Gasteiger partial charge in [0.1, 0.15) is 0 Å². The minimum atomic E-state index is -0.984. The molecule has 23 heavy (non-hydrogen) atoms. The van der Waals surface area contributed by atoms with Crippen molar-refractivity contribution >= 4 is 11.7 Å². The van der Waals surface area contributed by atoms with Crippen LogP contribution in [0, 0.1) is 16.0 Å². The van der Waals surface area contributed by atoms with Gasteiger partial charge in [-0.15, -0.1) is 0 Å². The SMILES string of the molecule is CCC(C(=O)O)C1NCCc2cc(OC)c(OC)c([N+](=O)[O-])c21. The summed E-state index contributed by atoms with van der Waals surface area (Å²) >= 11 is 0. The highest BCUT2D eigenvalue weighted by atomic mass is 16.6. The van der Waals surface area contributed by atoms with E-state index in [1.54, 1.807) is 13.0 Å². The second-order valence-electron chi connectivity index (χ2n) is 5.33. The minimum Gasteiger partial charge on any atom is -0.493 e. The summed E-state index contributed by atoms with van der Waals surface area (Å²) in [4.78, 5) is 22.6. The summed E-state index contributed by atoms with van der Waals surface area (Å²) in [6.07, 6.45) is 0.918. The minimum absolute atomic E-state index is 0.0187. The molecule has 2 N–H and O–H groups in total. The largest absolute Gasteiger partial charge is 0.493 e. The number of methoxy groups -OCH3 is 2. The van der Waals surface area contributed by atoms with E-state index in [1.807, 2.05) is 0 Å². The summed E-state index contributed by atoms with van der Waals surface area (Å²) in [5.74, 6) is -1.44. The molecule has 0 saturated heterocycles. The number of rotatable bonds is 6. The number of carboxylic acid groups (broad SMARTS) is 1. The first-order valence-corrected chi connectivity index (χ1v) is 7.34. The van der Waals surface area contributed by atoms with Gasteiger partial charge in [0, 0.05) is 0 Å². The molecule has 0 aliphatic carbocycles. The second kappa shape index (κ2) is 6.82. The van der Waals surface area contributed by atoms with Crippen LogP contribution >= 0.6 is 0 Å². The van der Waals surface area contributed by atoms with E-state index in [-0.39, 0.29) is 17.2 Å². The van der Waals surface area contributed by atoms with Gasteiger partial charge in [-0.25, -0.2) is 0 Å². The quantitative estimate of drug-likeness (QED) is 0.607. The van der Waals surface area contributed by atoms with Crippen LogP contribution in [0.1, 0.15) is 30.5 Å². The standard InChI is InChI=1S/C15H20N2O6/c1-4-9(15(18)19)12-11-8(5-6-16-12)7-10(22-2)14(23-3)13(11)17(20)21/h7,9,12,16H,4-6H2,1-3H3,(H,18,19). The molecule has 1 aliphatic heterocycles. The maximum Gasteiger partial charge on any atom is 0.319 e. The molecule has 2 rings (SSSR count). The third-order valence-electron chi connectivity index (χ3n) is 4.18. The number of benzene rings is 1. The Kier molecular flexibility index (Phi) is 5.05. The molecule has 1 aromatic carbocycles. The summed E-state index contributed by atoms with van der Waals surface area (Å²) in [5.41, 5.74) is 0.879. The molecule has 126 valence electrons. The van der Waals surface area contributed by atoms with Crippen LogP contribution < -0.4 is 14.8 Å². The molecule has 0 amide bonds. The molecule has 0 saturated carbocycles. The number of nitrogens with zero attached hydrogens (tertiary/aromatic N) is 1. The average Bonchev–Trinajstić information content (AvgIpc) is 2.53. The van der Waals surface area contributed by atoms with Gasteiger partial charge in [0.05, 0.1) is 36.7 Å². The number of ether oxygens (including phenoxy) is 2. The topological polar surface area (TPSA) is 111 Å². The van der Waals surface area contributed by atoms with Crippen LogP contribution in [0.15, 0.2) is 6.07 Å². The lowest BCUT2D eigenvalue weighted by Crippen LogP contribution is -2.38. The van der Waals surface area contributed by atoms with Crippen LogP contribution in [-0.2, 0) is 11.2 Å². The molecule has 0 aromatic heterocycles. The van der Waals surface area contributed by atoms with Gasteiger partial charge in [-0.2, -0.15) is 0 Å². The van der Waals surface area contributed by atoms with Crippen molar-refractivity contribution in [1.82, 2.24) is 5.32 Å². The molecule has 1 heterocycles. The fourth-order valence-corrected chi connectivity index (χ4v) is 3.14. The number of hydrogen-bond donors (Lipinski definition) is 2. The van der Waals surface area contributed by atoms with E-state index in [2.05, 4.69) is 5.32 Å². The summed E-state index contributed by atoms with van der Waals surface area (Å²) < 4.78 is 10.4. The molecule has 0 radical (unpaired) electrons. The Morgan fingerprint density at radius 3 is 2.70 bits per heavy atom. The molecule has 0 fully saturated rings. The van der Waals surface area contributed by atoms with Gasteiger partial charge in [-0.3, -0.25) is 14.9 Å². The van der Waals surface area contributed by atoms with Gasteiger partial charge in [-0.05, 0) is 31.0 Å².